The van der Waals surface area contributed by atoms with Crippen molar-refractivity contribution in [2.75, 3.05) is 7.11 Å². The van der Waals surface area contributed by atoms with E-state index >= 15 is 0 Å². The summed E-state index contributed by atoms with van der Waals surface area (Å²) in [7, 11) is 1.66. The van der Waals surface area contributed by atoms with Gasteiger partial charge in [0, 0.05) is 20.2 Å². The lowest BCUT2D eigenvalue weighted by atomic mass is 10.2. The van der Waals surface area contributed by atoms with Crippen LogP contribution in [0.3, 0.4) is 0 Å². The molecule has 0 fully saturated rings. The second-order valence-electron chi connectivity index (χ2n) is 2.82. The van der Waals surface area contributed by atoms with Gasteiger partial charge in [-0.25, -0.2) is 4.68 Å². The summed E-state index contributed by atoms with van der Waals surface area (Å²) in [4.78, 5) is 0. The van der Waals surface area contributed by atoms with Crippen molar-refractivity contribution in [2.24, 2.45) is 5.73 Å². The average molecular weight is 184 g/mol. The van der Waals surface area contributed by atoms with Crippen LogP contribution in [0.15, 0.2) is 0 Å². The molecule has 1 aromatic heterocycles. The molecular formula is C8H16N4O. The van der Waals surface area contributed by atoms with Crippen molar-refractivity contribution in [1.82, 2.24) is 15.0 Å². The Bertz CT molecular complexity index is 250. The van der Waals surface area contributed by atoms with Crippen molar-refractivity contribution in [3.8, 4) is 0 Å². The predicted octanol–water partition coefficient (Wildman–Crippen LogP) is 0.464. The van der Waals surface area contributed by atoms with Gasteiger partial charge in [-0.3, -0.25) is 0 Å². The van der Waals surface area contributed by atoms with Crippen molar-refractivity contribution in [3.05, 3.63) is 11.4 Å². The molecule has 0 aliphatic heterocycles. The van der Waals surface area contributed by atoms with E-state index < -0.39 is 0 Å². The van der Waals surface area contributed by atoms with E-state index in [0.29, 0.717) is 6.54 Å². The first-order valence-electron chi connectivity index (χ1n) is 4.39. The fourth-order valence-electron chi connectivity index (χ4n) is 1.29. The van der Waals surface area contributed by atoms with E-state index in [0.717, 1.165) is 17.9 Å². The second kappa shape index (κ2) is 4.34. The predicted molar refractivity (Wildman–Crippen MR) is 49.0 cm³/mol. The van der Waals surface area contributed by atoms with Gasteiger partial charge < -0.3 is 10.5 Å². The minimum absolute atomic E-state index is 0.00602. The van der Waals surface area contributed by atoms with Gasteiger partial charge in [-0.1, -0.05) is 5.21 Å². The van der Waals surface area contributed by atoms with Crippen molar-refractivity contribution < 1.29 is 4.74 Å². The Labute approximate surface area is 77.9 Å². The molecular weight excluding hydrogens is 168 g/mol. The molecule has 1 aromatic rings. The molecule has 74 valence electrons. The number of hydrogen-bond acceptors (Lipinski definition) is 4. The number of nitrogens with zero attached hydrogens (tertiary/aromatic N) is 3. The summed E-state index contributed by atoms with van der Waals surface area (Å²) < 4.78 is 7.04. The lowest BCUT2D eigenvalue weighted by Crippen LogP contribution is -2.11. The summed E-state index contributed by atoms with van der Waals surface area (Å²) in [5.74, 6) is 0. The topological polar surface area (TPSA) is 66.0 Å². The van der Waals surface area contributed by atoms with E-state index in [1.807, 2.05) is 18.5 Å². The monoisotopic (exact) mass is 184 g/mol. The van der Waals surface area contributed by atoms with Crippen LogP contribution in [0.5, 0.6) is 0 Å². The van der Waals surface area contributed by atoms with Gasteiger partial charge in [0.15, 0.2) is 0 Å². The smallest absolute Gasteiger partial charge is 0.102 e. The Morgan fingerprint density at radius 2 is 2.31 bits per heavy atom. The van der Waals surface area contributed by atoms with E-state index in [2.05, 4.69) is 10.3 Å². The van der Waals surface area contributed by atoms with Crippen LogP contribution >= 0.6 is 0 Å². The number of aryl methyl sites for hydroxylation is 1. The number of rotatable bonds is 4. The summed E-state index contributed by atoms with van der Waals surface area (Å²) >= 11 is 0. The molecule has 0 amide bonds. The highest BCUT2D eigenvalue weighted by Gasteiger charge is 2.16. The lowest BCUT2D eigenvalue weighted by molar-refractivity contribution is 0.111. The summed E-state index contributed by atoms with van der Waals surface area (Å²) in [6, 6.07) is 0. The van der Waals surface area contributed by atoms with Crippen LogP contribution in [-0.2, 0) is 17.8 Å². The fourth-order valence-corrected chi connectivity index (χ4v) is 1.29. The maximum Gasteiger partial charge on any atom is 0.102 e. The SMILES string of the molecule is CCn1nnc(CN)c1C(C)OC. The quantitative estimate of drug-likeness (QED) is 0.738. The Morgan fingerprint density at radius 3 is 2.77 bits per heavy atom. The minimum Gasteiger partial charge on any atom is -0.375 e. The first-order valence-corrected chi connectivity index (χ1v) is 4.39. The average Bonchev–Trinajstić information content (AvgIpc) is 2.59. The van der Waals surface area contributed by atoms with Crippen LogP contribution in [0.4, 0.5) is 0 Å². The molecule has 1 unspecified atom stereocenters. The normalized spacial score (nSPS) is 13.2. The molecule has 0 aliphatic rings. The highest BCUT2D eigenvalue weighted by atomic mass is 16.5. The van der Waals surface area contributed by atoms with Crippen LogP contribution in [0.25, 0.3) is 0 Å². The Morgan fingerprint density at radius 1 is 1.62 bits per heavy atom. The van der Waals surface area contributed by atoms with Gasteiger partial charge in [0.2, 0.25) is 0 Å². The largest absolute Gasteiger partial charge is 0.375 e. The van der Waals surface area contributed by atoms with Gasteiger partial charge >= 0.3 is 0 Å². The molecule has 0 aromatic carbocycles. The zero-order chi connectivity index (χ0) is 9.84. The van der Waals surface area contributed by atoms with Gasteiger partial charge in [0.05, 0.1) is 11.8 Å². The molecule has 13 heavy (non-hydrogen) atoms. The third-order valence-electron chi connectivity index (χ3n) is 2.08. The van der Waals surface area contributed by atoms with Crippen LogP contribution < -0.4 is 5.73 Å². The summed E-state index contributed by atoms with van der Waals surface area (Å²) in [6.45, 7) is 5.17. The van der Waals surface area contributed by atoms with Crippen LogP contribution in [0.2, 0.25) is 0 Å². The zero-order valence-corrected chi connectivity index (χ0v) is 8.32. The Balaban J connectivity index is 3.04. The van der Waals surface area contributed by atoms with Gasteiger partial charge in [-0.2, -0.15) is 0 Å². The Kier molecular flexibility index (Phi) is 3.39. The summed E-state index contributed by atoms with van der Waals surface area (Å²) in [5, 5.41) is 7.96. The second-order valence-corrected chi connectivity index (χ2v) is 2.82. The van der Waals surface area contributed by atoms with E-state index in [4.69, 9.17) is 10.5 Å². The standard InChI is InChI=1S/C8H16N4O/c1-4-12-8(6(2)13-3)7(5-9)10-11-12/h6H,4-5,9H2,1-3H3. The fraction of sp³-hybridized carbons (Fsp3) is 0.750. The number of nitrogens with two attached hydrogens (primary N) is 1. The molecule has 5 heteroatoms. The van der Waals surface area contributed by atoms with E-state index in [9.17, 15) is 0 Å². The first kappa shape index (κ1) is 10.1. The number of methoxy groups -OCH3 is 1. The molecule has 0 aliphatic carbocycles. The minimum atomic E-state index is -0.00602. The first-order chi connectivity index (χ1) is 6.24. The molecule has 1 atom stereocenters. The molecule has 1 rings (SSSR count). The third kappa shape index (κ3) is 1.87. The molecule has 0 spiro atoms. The van der Waals surface area contributed by atoms with Gasteiger partial charge in [-0.15, -0.1) is 5.10 Å². The van der Waals surface area contributed by atoms with Crippen LogP contribution in [-0.4, -0.2) is 22.1 Å². The van der Waals surface area contributed by atoms with Crippen molar-refractivity contribution in [1.29, 1.82) is 0 Å². The summed E-state index contributed by atoms with van der Waals surface area (Å²) in [5.41, 5.74) is 7.33. The lowest BCUT2D eigenvalue weighted by Gasteiger charge is -2.11. The number of hydrogen-bond donors (Lipinski definition) is 1. The van der Waals surface area contributed by atoms with Crippen LogP contribution in [0, 0.1) is 0 Å². The van der Waals surface area contributed by atoms with Gasteiger partial charge in [-0.05, 0) is 13.8 Å². The molecule has 0 bridgehead atoms. The molecule has 0 saturated carbocycles. The molecule has 5 nitrogen and oxygen atoms in total. The van der Waals surface area contributed by atoms with Crippen molar-refractivity contribution >= 4 is 0 Å². The zero-order valence-electron chi connectivity index (χ0n) is 8.32. The highest BCUT2D eigenvalue weighted by Crippen LogP contribution is 2.17. The van der Waals surface area contributed by atoms with Crippen LogP contribution in [0.1, 0.15) is 31.3 Å². The molecule has 0 saturated heterocycles. The number of aromatic nitrogens is 3. The Hall–Kier alpha value is -0.940. The highest BCUT2D eigenvalue weighted by molar-refractivity contribution is 5.12. The maximum atomic E-state index is 5.54. The third-order valence-corrected chi connectivity index (χ3v) is 2.08. The van der Waals surface area contributed by atoms with E-state index in [1.165, 1.54) is 0 Å². The molecule has 0 radical (unpaired) electrons. The molecule has 2 N–H and O–H groups in total. The van der Waals surface area contributed by atoms with Gasteiger partial charge in [0.25, 0.3) is 0 Å². The molecule has 1 heterocycles. The number of ether oxygens (including phenoxy) is 1. The summed E-state index contributed by atoms with van der Waals surface area (Å²) in [6.07, 6.45) is -0.00602. The maximum absolute atomic E-state index is 5.54. The van der Waals surface area contributed by atoms with Crippen molar-refractivity contribution in [3.63, 3.8) is 0 Å². The van der Waals surface area contributed by atoms with E-state index in [1.54, 1.807) is 7.11 Å². The van der Waals surface area contributed by atoms with E-state index in [-0.39, 0.29) is 6.10 Å². The van der Waals surface area contributed by atoms with Crippen molar-refractivity contribution in [2.45, 2.75) is 33.0 Å². The van der Waals surface area contributed by atoms with Gasteiger partial charge in [0.1, 0.15) is 5.69 Å².